The first kappa shape index (κ1) is 23.3. The molecule has 0 aromatic heterocycles. The number of benzene rings is 2. The summed E-state index contributed by atoms with van der Waals surface area (Å²) < 4.78 is 5.49. The van der Waals surface area contributed by atoms with E-state index in [1.165, 1.54) is 22.3 Å². The maximum atomic E-state index is 12.2. The van der Waals surface area contributed by atoms with Gasteiger partial charge in [-0.1, -0.05) is 48.5 Å². The van der Waals surface area contributed by atoms with Gasteiger partial charge in [-0.05, 0) is 41.5 Å². The second-order valence-corrected chi connectivity index (χ2v) is 8.02. The Labute approximate surface area is 188 Å². The Morgan fingerprint density at radius 1 is 0.938 bits per heavy atom. The average Bonchev–Trinajstić information content (AvgIpc) is 3.11. The van der Waals surface area contributed by atoms with Crippen LogP contribution >= 0.6 is 0 Å². The maximum Gasteiger partial charge on any atom is 0.407 e. The molecule has 170 valence electrons. The molecule has 0 spiro atoms. The molecule has 7 heteroatoms. The van der Waals surface area contributed by atoms with Crippen LogP contribution in [0.2, 0.25) is 0 Å². The molecule has 0 saturated carbocycles. The van der Waals surface area contributed by atoms with Gasteiger partial charge in [0, 0.05) is 38.9 Å². The Hall–Kier alpha value is -3.35. The van der Waals surface area contributed by atoms with Crippen molar-refractivity contribution in [2.45, 2.75) is 38.0 Å². The van der Waals surface area contributed by atoms with E-state index >= 15 is 0 Å². The number of hydrogen-bond donors (Lipinski definition) is 2. The van der Waals surface area contributed by atoms with Gasteiger partial charge in [-0.15, -0.1) is 0 Å². The van der Waals surface area contributed by atoms with Gasteiger partial charge in [0.25, 0.3) is 0 Å². The number of nitrogens with zero attached hydrogens (tertiary/aromatic N) is 1. The van der Waals surface area contributed by atoms with Crippen LogP contribution in [-0.2, 0) is 14.3 Å². The predicted octanol–water partition coefficient (Wildman–Crippen LogP) is 4.02. The Morgan fingerprint density at radius 2 is 1.56 bits per heavy atom. The van der Waals surface area contributed by atoms with Crippen molar-refractivity contribution in [2.75, 3.05) is 26.7 Å². The molecule has 0 atom stereocenters. The maximum absolute atomic E-state index is 12.2. The molecule has 7 nitrogen and oxygen atoms in total. The van der Waals surface area contributed by atoms with Crippen molar-refractivity contribution < 1.29 is 24.2 Å². The summed E-state index contributed by atoms with van der Waals surface area (Å²) in [4.78, 5) is 36.4. The number of carbonyl (C=O) groups is 3. The number of rotatable bonds is 11. The molecule has 2 aromatic carbocycles. The van der Waals surface area contributed by atoms with E-state index in [0.717, 1.165) is 0 Å². The minimum Gasteiger partial charge on any atom is -0.481 e. The third-order valence-corrected chi connectivity index (χ3v) is 5.74. The van der Waals surface area contributed by atoms with Crippen LogP contribution in [0.25, 0.3) is 11.1 Å². The van der Waals surface area contributed by atoms with E-state index in [9.17, 15) is 14.4 Å². The molecule has 1 aliphatic carbocycles. The molecule has 2 aromatic rings. The third kappa shape index (κ3) is 6.09. The standard InChI is InChI=1S/C25H30N2O5/c1-27(16-7-6-14-24(29)30)23(28)13-8-15-26-25(31)32-17-22-20-11-4-2-9-18(20)19-10-3-5-12-21(19)22/h2-5,9-12,22H,6-8,13-17H2,1H3,(H,26,31)(H,29,30). The second kappa shape index (κ2) is 11.3. The van der Waals surface area contributed by atoms with Gasteiger partial charge in [-0.3, -0.25) is 9.59 Å². The summed E-state index contributed by atoms with van der Waals surface area (Å²) in [5, 5.41) is 11.4. The Kier molecular flexibility index (Phi) is 8.25. The van der Waals surface area contributed by atoms with E-state index in [2.05, 4.69) is 29.6 Å². The number of ether oxygens (including phenoxy) is 1. The van der Waals surface area contributed by atoms with Crippen LogP contribution in [0.5, 0.6) is 0 Å². The zero-order valence-electron chi connectivity index (χ0n) is 18.4. The number of nitrogens with one attached hydrogen (secondary N) is 1. The molecule has 0 radical (unpaired) electrons. The van der Waals surface area contributed by atoms with Crippen molar-refractivity contribution in [1.29, 1.82) is 0 Å². The topological polar surface area (TPSA) is 95.9 Å². The van der Waals surface area contributed by atoms with E-state index < -0.39 is 12.1 Å². The van der Waals surface area contributed by atoms with Gasteiger partial charge in [0.2, 0.25) is 5.91 Å². The number of alkyl carbamates (subject to hydrolysis) is 1. The Morgan fingerprint density at radius 3 is 2.19 bits per heavy atom. The van der Waals surface area contributed by atoms with Crippen molar-refractivity contribution >= 4 is 18.0 Å². The largest absolute Gasteiger partial charge is 0.481 e. The summed E-state index contributed by atoms with van der Waals surface area (Å²) in [6.45, 7) is 1.15. The molecule has 0 fully saturated rings. The second-order valence-electron chi connectivity index (χ2n) is 8.02. The molecule has 1 aliphatic rings. The van der Waals surface area contributed by atoms with Crippen LogP contribution in [0.1, 0.15) is 49.1 Å². The molecular weight excluding hydrogens is 408 g/mol. The summed E-state index contributed by atoms with van der Waals surface area (Å²) in [5.41, 5.74) is 4.70. The number of carboxylic acids is 1. The molecule has 0 bridgehead atoms. The van der Waals surface area contributed by atoms with E-state index in [1.54, 1.807) is 11.9 Å². The van der Waals surface area contributed by atoms with Crippen molar-refractivity contribution in [1.82, 2.24) is 10.2 Å². The lowest BCUT2D eigenvalue weighted by Gasteiger charge is -2.17. The smallest absolute Gasteiger partial charge is 0.407 e. The van der Waals surface area contributed by atoms with Crippen LogP contribution in [0, 0.1) is 0 Å². The number of carboxylic acid groups (broad SMARTS) is 1. The fourth-order valence-corrected chi connectivity index (χ4v) is 4.02. The van der Waals surface area contributed by atoms with E-state index in [4.69, 9.17) is 9.84 Å². The van der Waals surface area contributed by atoms with E-state index in [1.807, 2.05) is 24.3 Å². The van der Waals surface area contributed by atoms with Crippen molar-refractivity contribution in [3.8, 4) is 11.1 Å². The van der Waals surface area contributed by atoms with Gasteiger partial charge in [-0.25, -0.2) is 4.79 Å². The number of unbranched alkanes of at least 4 members (excludes halogenated alkanes) is 1. The van der Waals surface area contributed by atoms with Crippen LogP contribution in [0.4, 0.5) is 4.79 Å². The first-order valence-corrected chi connectivity index (χ1v) is 11.0. The highest BCUT2D eigenvalue weighted by Crippen LogP contribution is 2.44. The number of fused-ring (bicyclic) bond motifs is 3. The Bertz CT molecular complexity index is 913. The zero-order valence-corrected chi connectivity index (χ0v) is 18.4. The van der Waals surface area contributed by atoms with Crippen molar-refractivity contribution in [3.63, 3.8) is 0 Å². The SMILES string of the molecule is CN(CCCCC(=O)O)C(=O)CCCNC(=O)OCC1c2ccccc2-c2ccccc21. The molecule has 0 aliphatic heterocycles. The third-order valence-electron chi connectivity index (χ3n) is 5.74. The molecule has 0 saturated heterocycles. The van der Waals surface area contributed by atoms with Gasteiger partial charge in [0.15, 0.2) is 0 Å². The summed E-state index contributed by atoms with van der Waals surface area (Å²) in [6, 6.07) is 16.4. The van der Waals surface area contributed by atoms with Crippen LogP contribution < -0.4 is 5.32 Å². The summed E-state index contributed by atoms with van der Waals surface area (Å²) in [7, 11) is 1.71. The number of carbonyl (C=O) groups excluding carboxylic acids is 2. The van der Waals surface area contributed by atoms with Gasteiger partial charge < -0.3 is 20.1 Å². The monoisotopic (exact) mass is 438 g/mol. The van der Waals surface area contributed by atoms with Gasteiger partial charge >= 0.3 is 12.1 Å². The molecular formula is C25H30N2O5. The fourth-order valence-electron chi connectivity index (χ4n) is 4.02. The molecule has 32 heavy (non-hydrogen) atoms. The number of aliphatic carboxylic acids is 1. The quantitative estimate of drug-likeness (QED) is 0.517. The first-order valence-electron chi connectivity index (χ1n) is 11.0. The van der Waals surface area contributed by atoms with Crippen LogP contribution in [0.15, 0.2) is 48.5 Å². The highest BCUT2D eigenvalue weighted by Gasteiger charge is 2.28. The number of hydrogen-bond acceptors (Lipinski definition) is 4. The lowest BCUT2D eigenvalue weighted by Crippen LogP contribution is -2.30. The highest BCUT2D eigenvalue weighted by molar-refractivity contribution is 5.79. The van der Waals surface area contributed by atoms with Crippen LogP contribution in [0.3, 0.4) is 0 Å². The first-order chi connectivity index (χ1) is 15.5. The molecule has 0 unspecified atom stereocenters. The van der Waals surface area contributed by atoms with E-state index in [0.29, 0.717) is 38.8 Å². The van der Waals surface area contributed by atoms with Crippen LogP contribution in [-0.4, -0.2) is 54.7 Å². The van der Waals surface area contributed by atoms with Crippen molar-refractivity contribution in [2.24, 2.45) is 0 Å². The lowest BCUT2D eigenvalue weighted by atomic mass is 9.98. The summed E-state index contributed by atoms with van der Waals surface area (Å²) in [5.74, 6) is -0.822. The molecule has 2 N–H and O–H groups in total. The minimum absolute atomic E-state index is 0.0181. The van der Waals surface area contributed by atoms with Gasteiger partial charge in [-0.2, -0.15) is 0 Å². The predicted molar refractivity (Wildman–Crippen MR) is 121 cm³/mol. The molecule has 2 amide bonds. The molecule has 0 heterocycles. The van der Waals surface area contributed by atoms with Gasteiger partial charge in [0.1, 0.15) is 6.61 Å². The summed E-state index contributed by atoms with van der Waals surface area (Å²) in [6.07, 6.45) is 1.68. The highest BCUT2D eigenvalue weighted by atomic mass is 16.5. The minimum atomic E-state index is -0.821. The van der Waals surface area contributed by atoms with Crippen molar-refractivity contribution in [3.05, 3.63) is 59.7 Å². The zero-order chi connectivity index (χ0) is 22.9. The summed E-state index contributed by atoms with van der Waals surface area (Å²) >= 11 is 0. The number of amides is 2. The van der Waals surface area contributed by atoms with E-state index in [-0.39, 0.29) is 24.9 Å². The lowest BCUT2D eigenvalue weighted by molar-refractivity contribution is -0.137. The Balaban J connectivity index is 1.36. The average molecular weight is 439 g/mol. The van der Waals surface area contributed by atoms with Gasteiger partial charge in [0.05, 0.1) is 0 Å². The molecule has 3 rings (SSSR count). The normalized spacial score (nSPS) is 12.0. The fraction of sp³-hybridized carbons (Fsp3) is 0.400.